The van der Waals surface area contributed by atoms with Gasteiger partial charge in [-0.1, -0.05) is 12.1 Å². The Labute approximate surface area is 100.0 Å². The lowest BCUT2D eigenvalue weighted by Gasteiger charge is -2.09. The van der Waals surface area contributed by atoms with Gasteiger partial charge in [-0.3, -0.25) is 0 Å². The minimum Gasteiger partial charge on any atom is -0.491 e. The molecule has 1 aromatic rings. The first-order valence-electron chi connectivity index (χ1n) is 6.11. The summed E-state index contributed by atoms with van der Waals surface area (Å²) in [7, 11) is 0. The van der Waals surface area contributed by atoms with E-state index in [4.69, 9.17) is 14.2 Å². The normalized spacial score (nSPS) is 32.5. The van der Waals surface area contributed by atoms with E-state index in [1.165, 1.54) is 5.56 Å². The Morgan fingerprint density at radius 1 is 1.29 bits per heavy atom. The highest BCUT2D eigenvalue weighted by Crippen LogP contribution is 2.57. The maximum absolute atomic E-state index is 5.67. The number of fused-ring (bicyclic) bond motifs is 1. The molecule has 2 unspecified atom stereocenters. The molecule has 0 N–H and O–H groups in total. The van der Waals surface area contributed by atoms with Crippen molar-refractivity contribution in [2.75, 3.05) is 13.2 Å². The molecular formula is C14H14O3. The summed E-state index contributed by atoms with van der Waals surface area (Å²) in [5, 5.41) is 0. The molecule has 3 aliphatic rings. The third-order valence-corrected chi connectivity index (χ3v) is 3.63. The summed E-state index contributed by atoms with van der Waals surface area (Å²) in [5.74, 6) is 2.06. The first kappa shape index (κ1) is 9.54. The van der Waals surface area contributed by atoms with E-state index in [0.717, 1.165) is 31.0 Å². The molecule has 1 aliphatic carbocycles. The Morgan fingerprint density at radius 2 is 2.12 bits per heavy atom. The largest absolute Gasteiger partial charge is 0.491 e. The van der Waals surface area contributed by atoms with Gasteiger partial charge in [-0.25, -0.2) is 0 Å². The quantitative estimate of drug-likeness (QED) is 0.745. The molecule has 4 rings (SSSR count). The van der Waals surface area contributed by atoms with Crippen molar-refractivity contribution in [1.29, 1.82) is 0 Å². The molecular weight excluding hydrogens is 216 g/mol. The maximum Gasteiger partial charge on any atom is 0.190 e. The van der Waals surface area contributed by atoms with Gasteiger partial charge in [0.25, 0.3) is 0 Å². The third-order valence-electron chi connectivity index (χ3n) is 3.63. The lowest BCUT2D eigenvalue weighted by atomic mass is 9.97. The van der Waals surface area contributed by atoms with E-state index < -0.39 is 0 Å². The SMILES string of the molecule is C1=C2OC2(c2ccc(OCC3CO3)cc2)CC1. The van der Waals surface area contributed by atoms with E-state index in [9.17, 15) is 0 Å². The first-order chi connectivity index (χ1) is 8.37. The van der Waals surface area contributed by atoms with Crippen LogP contribution in [-0.2, 0) is 15.1 Å². The van der Waals surface area contributed by atoms with Crippen molar-refractivity contribution >= 4 is 0 Å². The Hall–Kier alpha value is -1.48. The van der Waals surface area contributed by atoms with Crippen LogP contribution in [0.4, 0.5) is 0 Å². The lowest BCUT2D eigenvalue weighted by Crippen LogP contribution is -2.06. The van der Waals surface area contributed by atoms with Crippen LogP contribution in [0.5, 0.6) is 5.75 Å². The smallest absolute Gasteiger partial charge is 0.190 e. The average Bonchev–Trinajstić information content (AvgIpc) is 3.28. The van der Waals surface area contributed by atoms with Gasteiger partial charge in [0, 0.05) is 12.0 Å². The maximum atomic E-state index is 5.67. The van der Waals surface area contributed by atoms with Crippen LogP contribution >= 0.6 is 0 Å². The van der Waals surface area contributed by atoms with E-state index in [2.05, 4.69) is 18.2 Å². The highest BCUT2D eigenvalue weighted by Gasteiger charge is 2.56. The van der Waals surface area contributed by atoms with E-state index in [-0.39, 0.29) is 5.60 Å². The summed E-state index contributed by atoms with van der Waals surface area (Å²) in [6, 6.07) is 8.25. The molecule has 0 spiro atoms. The van der Waals surface area contributed by atoms with Gasteiger partial charge < -0.3 is 14.2 Å². The van der Waals surface area contributed by atoms with Gasteiger partial charge in [0.2, 0.25) is 0 Å². The Balaban J connectivity index is 1.49. The van der Waals surface area contributed by atoms with Crippen molar-refractivity contribution in [3.05, 3.63) is 41.7 Å². The molecule has 0 radical (unpaired) electrons. The second kappa shape index (κ2) is 3.26. The van der Waals surface area contributed by atoms with Gasteiger partial charge in [-0.2, -0.15) is 0 Å². The van der Waals surface area contributed by atoms with Gasteiger partial charge in [0.05, 0.1) is 6.61 Å². The summed E-state index contributed by atoms with van der Waals surface area (Å²) in [4.78, 5) is 0. The molecule has 17 heavy (non-hydrogen) atoms. The number of hydrogen-bond donors (Lipinski definition) is 0. The zero-order chi connectivity index (χ0) is 11.3. The van der Waals surface area contributed by atoms with Gasteiger partial charge in [-0.05, 0) is 24.6 Å². The molecule has 2 fully saturated rings. The zero-order valence-corrected chi connectivity index (χ0v) is 9.52. The fourth-order valence-corrected chi connectivity index (χ4v) is 2.47. The summed E-state index contributed by atoms with van der Waals surface area (Å²) in [5.41, 5.74) is 1.18. The standard InChI is InChI=1S/C14H14O3/c1-2-13-14(7-1,17-13)10-3-5-11(6-4-10)15-8-12-9-16-12/h2-6,12H,1,7-9H2. The number of allylic oxidation sites excluding steroid dienone is 1. The van der Waals surface area contributed by atoms with Crippen molar-refractivity contribution in [2.24, 2.45) is 0 Å². The highest BCUT2D eigenvalue weighted by atomic mass is 16.6. The number of rotatable bonds is 4. The second-order valence-electron chi connectivity index (χ2n) is 4.83. The number of ether oxygens (including phenoxy) is 3. The molecule has 0 amide bonds. The van der Waals surface area contributed by atoms with Crippen molar-refractivity contribution in [3.63, 3.8) is 0 Å². The molecule has 2 heterocycles. The third kappa shape index (κ3) is 1.53. The zero-order valence-electron chi connectivity index (χ0n) is 9.52. The molecule has 3 nitrogen and oxygen atoms in total. The second-order valence-corrected chi connectivity index (χ2v) is 4.83. The van der Waals surface area contributed by atoms with Gasteiger partial charge in [0.1, 0.15) is 24.2 Å². The van der Waals surface area contributed by atoms with Crippen molar-refractivity contribution < 1.29 is 14.2 Å². The summed E-state index contributed by atoms with van der Waals surface area (Å²) in [6.45, 7) is 1.50. The minimum absolute atomic E-state index is 0.0713. The van der Waals surface area contributed by atoms with Crippen LogP contribution in [0.15, 0.2) is 36.1 Å². The van der Waals surface area contributed by atoms with Gasteiger partial charge in [-0.15, -0.1) is 0 Å². The molecule has 3 heteroatoms. The highest BCUT2D eigenvalue weighted by molar-refractivity contribution is 5.44. The molecule has 2 saturated heterocycles. The van der Waals surface area contributed by atoms with E-state index in [1.54, 1.807) is 0 Å². The topological polar surface area (TPSA) is 34.3 Å². The predicted molar refractivity (Wildman–Crippen MR) is 61.8 cm³/mol. The molecule has 0 saturated carbocycles. The van der Waals surface area contributed by atoms with Crippen molar-refractivity contribution in [1.82, 2.24) is 0 Å². The molecule has 1 aromatic carbocycles. The van der Waals surface area contributed by atoms with Crippen LogP contribution in [0.25, 0.3) is 0 Å². The minimum atomic E-state index is -0.0713. The summed E-state index contributed by atoms with van der Waals surface area (Å²) >= 11 is 0. The molecule has 2 atom stereocenters. The Morgan fingerprint density at radius 3 is 2.71 bits per heavy atom. The van der Waals surface area contributed by atoms with E-state index in [0.29, 0.717) is 12.7 Å². The Kier molecular flexibility index (Phi) is 1.83. The molecule has 2 aliphatic heterocycles. The van der Waals surface area contributed by atoms with Crippen LogP contribution in [0.1, 0.15) is 18.4 Å². The molecule has 88 valence electrons. The van der Waals surface area contributed by atoms with Gasteiger partial charge >= 0.3 is 0 Å². The van der Waals surface area contributed by atoms with Crippen LogP contribution in [-0.4, -0.2) is 19.3 Å². The molecule has 0 bridgehead atoms. The van der Waals surface area contributed by atoms with Crippen LogP contribution < -0.4 is 4.74 Å². The first-order valence-corrected chi connectivity index (χ1v) is 6.11. The fourth-order valence-electron chi connectivity index (χ4n) is 2.47. The van der Waals surface area contributed by atoms with Crippen molar-refractivity contribution in [2.45, 2.75) is 24.5 Å². The molecule has 0 aromatic heterocycles. The van der Waals surface area contributed by atoms with Crippen LogP contribution in [0, 0.1) is 0 Å². The number of hydrogen-bond acceptors (Lipinski definition) is 3. The monoisotopic (exact) mass is 230 g/mol. The average molecular weight is 230 g/mol. The Bertz CT molecular complexity index is 473. The summed E-state index contributed by atoms with van der Waals surface area (Å²) in [6.07, 6.45) is 4.71. The summed E-state index contributed by atoms with van der Waals surface area (Å²) < 4.78 is 16.4. The van der Waals surface area contributed by atoms with E-state index >= 15 is 0 Å². The van der Waals surface area contributed by atoms with Crippen LogP contribution in [0.3, 0.4) is 0 Å². The van der Waals surface area contributed by atoms with Crippen LogP contribution in [0.2, 0.25) is 0 Å². The fraction of sp³-hybridized carbons (Fsp3) is 0.429. The van der Waals surface area contributed by atoms with E-state index in [1.807, 2.05) is 12.1 Å². The number of benzene rings is 1. The number of epoxide rings is 2. The predicted octanol–water partition coefficient (Wildman–Crippen LogP) is 2.37. The lowest BCUT2D eigenvalue weighted by molar-refractivity contribution is 0.262. The van der Waals surface area contributed by atoms with Gasteiger partial charge in [0.15, 0.2) is 5.60 Å². The van der Waals surface area contributed by atoms with Crippen molar-refractivity contribution in [3.8, 4) is 5.75 Å².